The number of carbonyl (C=O) groups is 1. The van der Waals surface area contributed by atoms with E-state index in [9.17, 15) is 4.79 Å². The number of nitrogens with zero attached hydrogens (tertiary/aromatic N) is 1. The van der Waals surface area contributed by atoms with Gasteiger partial charge in [-0.3, -0.25) is 4.79 Å². The first-order valence-electron chi connectivity index (χ1n) is 9.08. The van der Waals surface area contributed by atoms with Crippen molar-refractivity contribution >= 4 is 16.8 Å². The average Bonchev–Trinajstić information content (AvgIpc) is 3.03. The highest BCUT2D eigenvalue weighted by atomic mass is 16.5. The summed E-state index contributed by atoms with van der Waals surface area (Å²) in [6.45, 7) is 7.62. The number of fused-ring (bicyclic) bond motifs is 1. The molecule has 4 nitrogen and oxygen atoms in total. The fraction of sp³-hybridized carbons (Fsp3) is 0.318. The highest BCUT2D eigenvalue weighted by Crippen LogP contribution is 2.27. The lowest BCUT2D eigenvalue weighted by atomic mass is 10.0. The van der Waals surface area contributed by atoms with Crippen molar-refractivity contribution < 1.29 is 9.53 Å². The van der Waals surface area contributed by atoms with Crippen molar-refractivity contribution in [1.29, 1.82) is 0 Å². The molecule has 0 saturated carbocycles. The van der Waals surface area contributed by atoms with Crippen molar-refractivity contribution in [2.24, 2.45) is 0 Å². The van der Waals surface area contributed by atoms with Crippen molar-refractivity contribution in [3.05, 3.63) is 65.9 Å². The summed E-state index contributed by atoms with van der Waals surface area (Å²) in [5.74, 6) is 1.06. The van der Waals surface area contributed by atoms with Crippen LogP contribution < -0.4 is 10.1 Å². The molecule has 136 valence electrons. The number of benzene rings is 2. The summed E-state index contributed by atoms with van der Waals surface area (Å²) in [7, 11) is 0. The summed E-state index contributed by atoms with van der Waals surface area (Å²) in [4.78, 5) is 12.1. The summed E-state index contributed by atoms with van der Waals surface area (Å²) >= 11 is 0. The normalized spacial score (nSPS) is 11.1. The smallest absolute Gasteiger partial charge is 0.258 e. The minimum absolute atomic E-state index is 0.0373. The SMILES string of the molecule is Cc1ccc(C(C)C)c(OCC(=O)NCCn2ccc3ccccc32)c1. The zero-order valence-electron chi connectivity index (χ0n) is 15.7. The number of amides is 1. The molecule has 0 aliphatic rings. The maximum atomic E-state index is 12.1. The highest BCUT2D eigenvalue weighted by molar-refractivity contribution is 5.80. The Balaban J connectivity index is 1.51. The Morgan fingerprint density at radius 2 is 1.96 bits per heavy atom. The van der Waals surface area contributed by atoms with Gasteiger partial charge in [-0.2, -0.15) is 0 Å². The van der Waals surface area contributed by atoms with Gasteiger partial charge in [-0.05, 0) is 47.6 Å². The second kappa shape index (κ2) is 8.09. The first kappa shape index (κ1) is 18.1. The molecule has 3 aromatic rings. The standard InChI is InChI=1S/C22H26N2O2/c1-16(2)19-9-8-17(3)14-21(19)26-15-22(25)23-11-13-24-12-10-18-6-4-5-7-20(18)24/h4-10,12,14,16H,11,13,15H2,1-3H3,(H,23,25). The molecule has 0 unspecified atom stereocenters. The molecule has 0 aliphatic heterocycles. The molecule has 2 aromatic carbocycles. The van der Waals surface area contributed by atoms with E-state index in [2.05, 4.69) is 60.3 Å². The summed E-state index contributed by atoms with van der Waals surface area (Å²) < 4.78 is 7.93. The van der Waals surface area contributed by atoms with E-state index >= 15 is 0 Å². The predicted octanol–water partition coefficient (Wildman–Crippen LogP) is 4.27. The Bertz CT molecular complexity index is 896. The first-order valence-corrected chi connectivity index (χ1v) is 9.08. The molecule has 0 aliphatic carbocycles. The largest absolute Gasteiger partial charge is 0.483 e. The van der Waals surface area contributed by atoms with Crippen LogP contribution in [0.15, 0.2) is 54.7 Å². The number of ether oxygens (including phenoxy) is 1. The average molecular weight is 350 g/mol. The number of rotatable bonds is 7. The van der Waals surface area contributed by atoms with Crippen LogP contribution in [0.2, 0.25) is 0 Å². The molecule has 0 atom stereocenters. The minimum Gasteiger partial charge on any atom is -0.483 e. The zero-order chi connectivity index (χ0) is 18.5. The molecule has 1 aromatic heterocycles. The lowest BCUT2D eigenvalue weighted by molar-refractivity contribution is -0.123. The van der Waals surface area contributed by atoms with E-state index in [0.717, 1.165) is 23.4 Å². The van der Waals surface area contributed by atoms with Crippen molar-refractivity contribution in [2.45, 2.75) is 33.2 Å². The molecule has 1 amide bonds. The molecule has 4 heteroatoms. The Morgan fingerprint density at radius 3 is 2.77 bits per heavy atom. The molecule has 26 heavy (non-hydrogen) atoms. The molecule has 3 rings (SSSR count). The lowest BCUT2D eigenvalue weighted by Gasteiger charge is -2.15. The second-order valence-electron chi connectivity index (χ2n) is 6.90. The van der Waals surface area contributed by atoms with Crippen LogP contribution in [0.25, 0.3) is 10.9 Å². The van der Waals surface area contributed by atoms with Gasteiger partial charge >= 0.3 is 0 Å². The lowest BCUT2D eigenvalue weighted by Crippen LogP contribution is -2.31. The number of hydrogen-bond donors (Lipinski definition) is 1. The van der Waals surface area contributed by atoms with Gasteiger partial charge < -0.3 is 14.6 Å². The van der Waals surface area contributed by atoms with E-state index < -0.39 is 0 Å². The van der Waals surface area contributed by atoms with Crippen molar-refractivity contribution in [2.75, 3.05) is 13.2 Å². The van der Waals surface area contributed by atoms with Crippen LogP contribution in [0, 0.1) is 6.92 Å². The molecular weight excluding hydrogens is 324 g/mol. The Labute approximate surface area is 154 Å². The van der Waals surface area contributed by atoms with Crippen LogP contribution in [0.1, 0.15) is 30.9 Å². The van der Waals surface area contributed by atoms with Crippen LogP contribution in [-0.2, 0) is 11.3 Å². The Kier molecular flexibility index (Phi) is 5.61. The Hall–Kier alpha value is -2.75. The zero-order valence-corrected chi connectivity index (χ0v) is 15.7. The number of aryl methyl sites for hydroxylation is 1. The maximum Gasteiger partial charge on any atom is 0.258 e. The topological polar surface area (TPSA) is 43.3 Å². The van der Waals surface area contributed by atoms with Gasteiger partial charge in [-0.15, -0.1) is 0 Å². The molecule has 1 N–H and O–H groups in total. The van der Waals surface area contributed by atoms with Gasteiger partial charge in [0.1, 0.15) is 5.75 Å². The summed E-state index contributed by atoms with van der Waals surface area (Å²) in [6, 6.07) is 16.5. The predicted molar refractivity (Wildman–Crippen MR) is 106 cm³/mol. The maximum absolute atomic E-state index is 12.1. The van der Waals surface area contributed by atoms with E-state index in [-0.39, 0.29) is 12.5 Å². The second-order valence-corrected chi connectivity index (χ2v) is 6.90. The highest BCUT2D eigenvalue weighted by Gasteiger charge is 2.10. The van der Waals surface area contributed by atoms with Crippen LogP contribution in [0.5, 0.6) is 5.75 Å². The monoisotopic (exact) mass is 350 g/mol. The van der Waals surface area contributed by atoms with E-state index in [0.29, 0.717) is 12.5 Å². The van der Waals surface area contributed by atoms with E-state index in [4.69, 9.17) is 4.74 Å². The van der Waals surface area contributed by atoms with Crippen molar-refractivity contribution in [3.8, 4) is 5.75 Å². The molecule has 0 saturated heterocycles. The third-order valence-corrected chi connectivity index (χ3v) is 4.50. The number of para-hydroxylation sites is 1. The third kappa shape index (κ3) is 4.26. The van der Waals surface area contributed by atoms with E-state index in [1.54, 1.807) is 0 Å². The van der Waals surface area contributed by atoms with Crippen molar-refractivity contribution in [1.82, 2.24) is 9.88 Å². The molecule has 1 heterocycles. The van der Waals surface area contributed by atoms with Crippen LogP contribution >= 0.6 is 0 Å². The van der Waals surface area contributed by atoms with Crippen LogP contribution in [0.3, 0.4) is 0 Å². The van der Waals surface area contributed by atoms with Crippen LogP contribution in [0.4, 0.5) is 0 Å². The fourth-order valence-electron chi connectivity index (χ4n) is 3.09. The van der Waals surface area contributed by atoms with Crippen molar-refractivity contribution in [3.63, 3.8) is 0 Å². The number of aromatic nitrogens is 1. The van der Waals surface area contributed by atoms with Gasteiger partial charge in [-0.1, -0.05) is 44.2 Å². The van der Waals surface area contributed by atoms with E-state index in [1.165, 1.54) is 10.9 Å². The molecule has 0 radical (unpaired) electrons. The summed E-state index contributed by atoms with van der Waals surface area (Å²) in [6.07, 6.45) is 2.05. The molecular formula is C22H26N2O2. The summed E-state index contributed by atoms with van der Waals surface area (Å²) in [5.41, 5.74) is 3.44. The Morgan fingerprint density at radius 1 is 1.15 bits per heavy atom. The van der Waals surface area contributed by atoms with E-state index in [1.807, 2.05) is 25.1 Å². The van der Waals surface area contributed by atoms with Gasteiger partial charge in [-0.25, -0.2) is 0 Å². The van der Waals surface area contributed by atoms with Crippen LogP contribution in [-0.4, -0.2) is 23.6 Å². The molecule has 0 bridgehead atoms. The number of carbonyl (C=O) groups excluding carboxylic acids is 1. The third-order valence-electron chi connectivity index (χ3n) is 4.50. The van der Waals surface area contributed by atoms with Gasteiger partial charge in [0.25, 0.3) is 5.91 Å². The molecule has 0 fully saturated rings. The quantitative estimate of drug-likeness (QED) is 0.691. The van der Waals surface area contributed by atoms with Gasteiger partial charge in [0.05, 0.1) is 0 Å². The van der Waals surface area contributed by atoms with Gasteiger partial charge in [0, 0.05) is 24.8 Å². The number of hydrogen-bond acceptors (Lipinski definition) is 2. The molecule has 0 spiro atoms. The first-order chi connectivity index (χ1) is 12.5. The summed E-state index contributed by atoms with van der Waals surface area (Å²) in [5, 5.41) is 4.15. The fourth-order valence-corrected chi connectivity index (χ4v) is 3.09. The minimum atomic E-state index is -0.0994. The van der Waals surface area contributed by atoms with Gasteiger partial charge in [0.15, 0.2) is 6.61 Å². The van der Waals surface area contributed by atoms with Gasteiger partial charge in [0.2, 0.25) is 0 Å². The number of nitrogens with one attached hydrogen (secondary N) is 1.